The van der Waals surface area contributed by atoms with Crippen LogP contribution in [0.5, 0.6) is 0 Å². The smallest absolute Gasteiger partial charge is 0.304 e. The Morgan fingerprint density at radius 2 is 2.04 bits per heavy atom. The Balaban J connectivity index is 0.00000261. The molecule has 9 heteroatoms. The Morgan fingerprint density at radius 1 is 1.26 bits per heavy atom. The van der Waals surface area contributed by atoms with Crippen LogP contribution in [0.4, 0.5) is 10.9 Å². The molecule has 142 valence electrons. The molecule has 0 aliphatic heterocycles. The van der Waals surface area contributed by atoms with Crippen LogP contribution in [-0.4, -0.2) is 26.8 Å². The third-order valence-electron chi connectivity index (χ3n) is 3.23. The van der Waals surface area contributed by atoms with Crippen molar-refractivity contribution in [2.24, 2.45) is 0 Å². The van der Waals surface area contributed by atoms with Crippen molar-refractivity contribution >= 4 is 64.2 Å². The molecular formula is C18H18ClN3O2S3. The molecule has 5 nitrogen and oxygen atoms in total. The van der Waals surface area contributed by atoms with Crippen LogP contribution in [0.25, 0.3) is 0 Å². The van der Waals surface area contributed by atoms with Crippen molar-refractivity contribution in [1.29, 1.82) is 0 Å². The number of hydrogen-bond acceptors (Lipinski definition) is 7. The highest BCUT2D eigenvalue weighted by Gasteiger charge is 2.11. The summed E-state index contributed by atoms with van der Waals surface area (Å²) in [7, 11) is 0. The number of aliphatic carboxylic acids is 1. The first-order valence-electron chi connectivity index (χ1n) is 7.87. The fourth-order valence-corrected chi connectivity index (χ4v) is 4.60. The average molecular weight is 440 g/mol. The maximum atomic E-state index is 10.7. The van der Waals surface area contributed by atoms with Gasteiger partial charge in [-0.25, -0.2) is 9.97 Å². The van der Waals surface area contributed by atoms with Crippen LogP contribution in [0.2, 0.25) is 0 Å². The number of halogens is 1. The molecule has 0 spiro atoms. The molecular weight excluding hydrogens is 422 g/mol. The Kier molecular flexibility index (Phi) is 8.43. The summed E-state index contributed by atoms with van der Waals surface area (Å²) < 4.78 is 0. The third-order valence-corrected chi connectivity index (χ3v) is 6.11. The van der Waals surface area contributed by atoms with Crippen LogP contribution < -0.4 is 5.32 Å². The lowest BCUT2D eigenvalue weighted by atomic mass is 10.4. The van der Waals surface area contributed by atoms with Crippen molar-refractivity contribution in [3.63, 3.8) is 0 Å². The van der Waals surface area contributed by atoms with E-state index >= 15 is 0 Å². The first-order valence-corrected chi connectivity index (χ1v) is 10.5. The van der Waals surface area contributed by atoms with E-state index in [2.05, 4.69) is 15.3 Å². The van der Waals surface area contributed by atoms with Crippen LogP contribution in [0, 0.1) is 6.92 Å². The summed E-state index contributed by atoms with van der Waals surface area (Å²) in [6.07, 6.45) is 1.90. The van der Waals surface area contributed by atoms with Gasteiger partial charge in [0.15, 0.2) is 5.13 Å². The van der Waals surface area contributed by atoms with Crippen molar-refractivity contribution in [2.45, 2.75) is 28.0 Å². The normalized spacial score (nSPS) is 10.3. The lowest BCUT2D eigenvalue weighted by Crippen LogP contribution is -1.98. The molecule has 2 heterocycles. The quantitative estimate of drug-likeness (QED) is 0.434. The minimum absolute atomic E-state index is 0. The van der Waals surface area contributed by atoms with Crippen LogP contribution in [-0.2, 0) is 4.79 Å². The van der Waals surface area contributed by atoms with Gasteiger partial charge in [-0.3, -0.25) is 4.79 Å². The largest absolute Gasteiger partial charge is 0.481 e. The van der Waals surface area contributed by atoms with Crippen molar-refractivity contribution in [3.05, 3.63) is 53.7 Å². The van der Waals surface area contributed by atoms with Gasteiger partial charge in [-0.15, -0.1) is 35.5 Å². The second kappa shape index (κ2) is 10.6. The summed E-state index contributed by atoms with van der Waals surface area (Å²) in [4.78, 5) is 22.7. The zero-order chi connectivity index (χ0) is 18.4. The first-order chi connectivity index (χ1) is 12.6. The van der Waals surface area contributed by atoms with Gasteiger partial charge in [-0.05, 0) is 25.1 Å². The monoisotopic (exact) mass is 439 g/mol. The number of benzene rings is 1. The molecule has 0 bridgehead atoms. The molecule has 3 rings (SSSR count). The molecule has 0 aliphatic rings. The van der Waals surface area contributed by atoms with E-state index in [0.29, 0.717) is 5.75 Å². The number of hydrogen-bond donors (Lipinski definition) is 2. The van der Waals surface area contributed by atoms with Gasteiger partial charge in [0.25, 0.3) is 0 Å². The lowest BCUT2D eigenvalue weighted by Gasteiger charge is -2.11. The van der Waals surface area contributed by atoms with Gasteiger partial charge in [-0.1, -0.05) is 30.0 Å². The highest BCUT2D eigenvalue weighted by molar-refractivity contribution is 8.00. The number of thiazole rings is 1. The number of carboxylic acid groups (broad SMARTS) is 1. The molecule has 2 N–H and O–H groups in total. The standard InChI is InChI=1S/C18H17N3O2S3.ClH/c1-12-11-25-18(20-12)21-17-15(26-13-5-3-2-4-6-13)9-14(10-19-17)24-8-7-16(22)23;/h2-6,9-11H,7-8H2,1H3,(H,22,23)(H,19,20,21);1H. The topological polar surface area (TPSA) is 75.1 Å². The van der Waals surface area contributed by atoms with Crippen LogP contribution >= 0.6 is 47.3 Å². The van der Waals surface area contributed by atoms with Gasteiger partial charge in [0.1, 0.15) is 5.82 Å². The van der Waals surface area contributed by atoms with E-state index in [1.807, 2.05) is 48.7 Å². The fraction of sp³-hybridized carbons (Fsp3) is 0.167. The van der Waals surface area contributed by atoms with Crippen LogP contribution in [0.3, 0.4) is 0 Å². The van der Waals surface area contributed by atoms with Gasteiger partial charge in [0.05, 0.1) is 17.0 Å². The molecule has 0 unspecified atom stereocenters. The number of rotatable bonds is 8. The number of anilines is 2. The van der Waals surface area contributed by atoms with Gasteiger partial charge < -0.3 is 10.4 Å². The lowest BCUT2D eigenvalue weighted by molar-refractivity contribution is -0.136. The molecule has 2 aromatic heterocycles. The summed E-state index contributed by atoms with van der Waals surface area (Å²) in [6, 6.07) is 12.1. The zero-order valence-electron chi connectivity index (χ0n) is 14.4. The van der Waals surface area contributed by atoms with Crippen molar-refractivity contribution < 1.29 is 9.90 Å². The molecule has 3 aromatic rings. The van der Waals surface area contributed by atoms with E-state index in [9.17, 15) is 4.79 Å². The van der Waals surface area contributed by atoms with Crippen molar-refractivity contribution in [3.8, 4) is 0 Å². The Morgan fingerprint density at radius 3 is 2.70 bits per heavy atom. The highest BCUT2D eigenvalue weighted by Crippen LogP contribution is 2.36. The number of aryl methyl sites for hydroxylation is 1. The summed E-state index contributed by atoms with van der Waals surface area (Å²) in [6.45, 7) is 1.96. The SMILES string of the molecule is Cc1csc(Nc2ncc(SCCC(=O)O)cc2Sc2ccccc2)n1.Cl. The Labute approximate surface area is 176 Å². The van der Waals surface area contributed by atoms with Crippen LogP contribution in [0.1, 0.15) is 12.1 Å². The zero-order valence-corrected chi connectivity index (χ0v) is 17.7. The van der Waals surface area contributed by atoms with Gasteiger partial charge in [0, 0.05) is 27.1 Å². The fourth-order valence-electron chi connectivity index (χ4n) is 2.06. The second-order valence-electron chi connectivity index (χ2n) is 5.34. The maximum Gasteiger partial charge on any atom is 0.304 e. The van der Waals surface area contributed by atoms with E-state index in [0.717, 1.165) is 31.3 Å². The van der Waals surface area contributed by atoms with Gasteiger partial charge in [0.2, 0.25) is 0 Å². The summed E-state index contributed by atoms with van der Waals surface area (Å²) >= 11 is 4.65. The number of aromatic nitrogens is 2. The molecule has 0 fully saturated rings. The van der Waals surface area contributed by atoms with E-state index in [-0.39, 0.29) is 18.8 Å². The summed E-state index contributed by atoms with van der Waals surface area (Å²) in [5.74, 6) is 0.475. The van der Waals surface area contributed by atoms with Crippen molar-refractivity contribution in [1.82, 2.24) is 9.97 Å². The van der Waals surface area contributed by atoms with Gasteiger partial charge >= 0.3 is 5.97 Å². The van der Waals surface area contributed by atoms with E-state index in [1.54, 1.807) is 18.0 Å². The molecule has 0 saturated heterocycles. The molecule has 0 saturated carbocycles. The number of nitrogens with one attached hydrogen (secondary N) is 1. The number of thioether (sulfide) groups is 1. The molecule has 0 radical (unpaired) electrons. The number of carbonyl (C=O) groups is 1. The van der Waals surface area contributed by atoms with Gasteiger partial charge in [-0.2, -0.15) is 0 Å². The maximum absolute atomic E-state index is 10.7. The van der Waals surface area contributed by atoms with Crippen LogP contribution in [0.15, 0.2) is 62.7 Å². The number of nitrogens with zero attached hydrogens (tertiary/aromatic N) is 2. The van der Waals surface area contributed by atoms with E-state index < -0.39 is 5.97 Å². The predicted octanol–water partition coefficient (Wildman–Crippen LogP) is 5.73. The molecule has 0 atom stereocenters. The molecule has 0 aliphatic carbocycles. The minimum atomic E-state index is -0.790. The number of pyridine rings is 1. The predicted molar refractivity (Wildman–Crippen MR) is 115 cm³/mol. The molecule has 1 aromatic carbocycles. The van der Waals surface area contributed by atoms with E-state index in [4.69, 9.17) is 5.11 Å². The highest BCUT2D eigenvalue weighted by atomic mass is 35.5. The summed E-state index contributed by atoms with van der Waals surface area (Å²) in [5.41, 5.74) is 0.968. The summed E-state index contributed by atoms with van der Waals surface area (Å²) in [5, 5.41) is 14.9. The Hall–Kier alpha value is -1.74. The Bertz CT molecular complexity index is 891. The van der Waals surface area contributed by atoms with E-state index in [1.165, 1.54) is 23.1 Å². The molecule has 0 amide bonds. The second-order valence-corrected chi connectivity index (χ2v) is 8.49. The molecule has 27 heavy (non-hydrogen) atoms. The average Bonchev–Trinajstić information content (AvgIpc) is 3.03. The first kappa shape index (κ1) is 21.6. The minimum Gasteiger partial charge on any atom is -0.481 e. The third kappa shape index (κ3) is 6.73. The van der Waals surface area contributed by atoms with Crippen molar-refractivity contribution in [2.75, 3.05) is 11.1 Å². The number of carboxylic acids is 1.